The average molecular weight is 241 g/mol. The third-order valence-corrected chi connectivity index (χ3v) is 3.83. The summed E-state index contributed by atoms with van der Waals surface area (Å²) in [6.45, 7) is 2.33. The van der Waals surface area contributed by atoms with Gasteiger partial charge in [-0.3, -0.25) is 0 Å². The van der Waals surface area contributed by atoms with Crippen molar-refractivity contribution >= 4 is 17.5 Å². The van der Waals surface area contributed by atoms with Gasteiger partial charge in [-0.2, -0.15) is 11.8 Å². The zero-order valence-corrected chi connectivity index (χ0v) is 10.4. The first-order valence-corrected chi connectivity index (χ1v) is 7.12. The summed E-state index contributed by atoms with van der Waals surface area (Å²) in [5, 5.41) is 4.20. The summed E-state index contributed by atoms with van der Waals surface area (Å²) in [7, 11) is 0. The van der Waals surface area contributed by atoms with E-state index < -0.39 is 0 Å². The zero-order valence-electron chi connectivity index (χ0n) is 9.61. The lowest BCUT2D eigenvalue weighted by Gasteiger charge is -2.14. The van der Waals surface area contributed by atoms with E-state index in [0.717, 1.165) is 38.9 Å². The third kappa shape index (κ3) is 4.18. The van der Waals surface area contributed by atoms with Gasteiger partial charge in [-0.15, -0.1) is 0 Å². The Hall–Kier alpha value is -0.480. The molecule has 2 rings (SSSR count). The predicted molar refractivity (Wildman–Crippen MR) is 68.1 cm³/mol. The van der Waals surface area contributed by atoms with Crippen LogP contribution in [-0.4, -0.2) is 37.0 Å². The average Bonchev–Trinajstić information content (AvgIpc) is 2.37. The molecule has 0 unspecified atom stereocenters. The van der Waals surface area contributed by atoms with Crippen LogP contribution in [0.3, 0.4) is 0 Å². The van der Waals surface area contributed by atoms with Gasteiger partial charge in [0.2, 0.25) is 0 Å². The molecule has 0 aromatic heterocycles. The molecule has 0 aromatic carbocycles. The summed E-state index contributed by atoms with van der Waals surface area (Å²) in [4.78, 5) is 5.34. The van der Waals surface area contributed by atoms with Crippen molar-refractivity contribution in [2.45, 2.75) is 25.7 Å². The Balaban J connectivity index is 1.66. The van der Waals surface area contributed by atoms with E-state index >= 15 is 0 Å². The number of oxime groups is 1. The smallest absolute Gasteiger partial charge is 0.135 e. The summed E-state index contributed by atoms with van der Waals surface area (Å²) in [5.41, 5.74) is 2.68. The van der Waals surface area contributed by atoms with Crippen LogP contribution in [0, 0.1) is 0 Å². The molecular formula is C12H19NO2S. The molecule has 2 heterocycles. The van der Waals surface area contributed by atoms with E-state index in [-0.39, 0.29) is 0 Å². The summed E-state index contributed by atoms with van der Waals surface area (Å²) in [5.74, 6) is 2.39. The Morgan fingerprint density at radius 3 is 2.69 bits per heavy atom. The van der Waals surface area contributed by atoms with Crippen LogP contribution in [0.15, 0.2) is 16.8 Å². The van der Waals surface area contributed by atoms with E-state index in [2.05, 4.69) is 11.2 Å². The van der Waals surface area contributed by atoms with Crippen molar-refractivity contribution in [3.8, 4) is 0 Å². The molecule has 16 heavy (non-hydrogen) atoms. The summed E-state index contributed by atoms with van der Waals surface area (Å²) >= 11 is 2.00. The number of nitrogens with zero attached hydrogens (tertiary/aromatic N) is 1. The predicted octanol–water partition coefficient (Wildman–Crippen LogP) is 2.62. The second kappa shape index (κ2) is 6.97. The van der Waals surface area contributed by atoms with Crippen LogP contribution in [0.2, 0.25) is 0 Å². The minimum absolute atomic E-state index is 0.617. The molecule has 2 aliphatic heterocycles. The number of rotatable bonds is 3. The van der Waals surface area contributed by atoms with E-state index in [9.17, 15) is 0 Å². The van der Waals surface area contributed by atoms with Gasteiger partial charge >= 0.3 is 0 Å². The fraction of sp³-hybridized carbons (Fsp3) is 0.750. The van der Waals surface area contributed by atoms with Crippen LogP contribution in [0.5, 0.6) is 0 Å². The van der Waals surface area contributed by atoms with E-state index in [1.54, 1.807) is 0 Å². The van der Waals surface area contributed by atoms with Crippen molar-refractivity contribution in [1.29, 1.82) is 0 Å². The minimum atomic E-state index is 0.617. The fourth-order valence-electron chi connectivity index (χ4n) is 1.82. The molecule has 0 saturated carbocycles. The lowest BCUT2D eigenvalue weighted by Crippen LogP contribution is -2.09. The Bertz CT molecular complexity index is 232. The Morgan fingerprint density at radius 2 is 1.94 bits per heavy atom. The molecule has 2 aliphatic rings. The van der Waals surface area contributed by atoms with E-state index in [1.165, 1.54) is 22.8 Å². The standard InChI is InChI=1S/C12H19NO2S/c1-6-14-7-2-11(1)3-8-15-13-12-4-9-16-10-5-12/h3H,1-2,4-10H2. The second-order valence-electron chi connectivity index (χ2n) is 4.04. The molecule has 0 N–H and O–H groups in total. The van der Waals surface area contributed by atoms with E-state index in [4.69, 9.17) is 9.57 Å². The third-order valence-electron chi connectivity index (χ3n) is 2.85. The van der Waals surface area contributed by atoms with E-state index in [1.807, 2.05) is 11.8 Å². The summed E-state index contributed by atoms with van der Waals surface area (Å²) in [6.07, 6.45) is 6.45. The topological polar surface area (TPSA) is 30.8 Å². The number of ether oxygens (including phenoxy) is 1. The van der Waals surface area contributed by atoms with Crippen molar-refractivity contribution < 1.29 is 9.57 Å². The molecule has 3 nitrogen and oxygen atoms in total. The lowest BCUT2D eigenvalue weighted by molar-refractivity contribution is 0.117. The molecule has 0 atom stereocenters. The highest BCUT2D eigenvalue weighted by atomic mass is 32.2. The van der Waals surface area contributed by atoms with Crippen molar-refractivity contribution in [2.24, 2.45) is 5.16 Å². The molecule has 0 aliphatic carbocycles. The van der Waals surface area contributed by atoms with Gasteiger partial charge in [0.05, 0.1) is 18.9 Å². The van der Waals surface area contributed by atoms with Gasteiger partial charge in [0, 0.05) is 0 Å². The molecule has 2 saturated heterocycles. The van der Waals surface area contributed by atoms with E-state index in [0.29, 0.717) is 6.61 Å². The quantitative estimate of drug-likeness (QED) is 0.432. The van der Waals surface area contributed by atoms with Crippen LogP contribution in [0.1, 0.15) is 25.7 Å². The molecule has 0 aromatic rings. The highest BCUT2D eigenvalue weighted by Gasteiger charge is 2.07. The van der Waals surface area contributed by atoms with Gasteiger partial charge < -0.3 is 9.57 Å². The molecule has 0 bridgehead atoms. The van der Waals surface area contributed by atoms with Crippen molar-refractivity contribution in [1.82, 2.24) is 0 Å². The van der Waals surface area contributed by atoms with Crippen LogP contribution in [0.25, 0.3) is 0 Å². The van der Waals surface area contributed by atoms with Gasteiger partial charge in [-0.25, -0.2) is 0 Å². The summed E-state index contributed by atoms with van der Waals surface area (Å²) in [6, 6.07) is 0. The molecular weight excluding hydrogens is 222 g/mol. The fourth-order valence-corrected chi connectivity index (χ4v) is 2.78. The van der Waals surface area contributed by atoms with Gasteiger partial charge in [0.15, 0.2) is 0 Å². The number of hydrogen-bond donors (Lipinski definition) is 0. The summed E-state index contributed by atoms with van der Waals surface area (Å²) < 4.78 is 5.29. The normalized spacial score (nSPS) is 21.8. The van der Waals surface area contributed by atoms with Gasteiger partial charge in [0.25, 0.3) is 0 Å². The van der Waals surface area contributed by atoms with Gasteiger partial charge in [-0.1, -0.05) is 10.7 Å². The van der Waals surface area contributed by atoms with Gasteiger partial charge in [0.1, 0.15) is 6.61 Å². The van der Waals surface area contributed by atoms with Crippen molar-refractivity contribution in [3.63, 3.8) is 0 Å². The largest absolute Gasteiger partial charge is 0.392 e. The highest BCUT2D eigenvalue weighted by molar-refractivity contribution is 7.99. The lowest BCUT2D eigenvalue weighted by atomic mass is 10.1. The van der Waals surface area contributed by atoms with Crippen molar-refractivity contribution in [3.05, 3.63) is 11.6 Å². The maximum atomic E-state index is 5.34. The van der Waals surface area contributed by atoms with Gasteiger partial charge in [-0.05, 0) is 43.3 Å². The highest BCUT2D eigenvalue weighted by Crippen LogP contribution is 2.15. The van der Waals surface area contributed by atoms with Crippen LogP contribution in [-0.2, 0) is 9.57 Å². The molecule has 0 radical (unpaired) electrons. The maximum absolute atomic E-state index is 5.34. The molecule has 0 spiro atoms. The first-order valence-electron chi connectivity index (χ1n) is 5.96. The number of thioether (sulfide) groups is 1. The Morgan fingerprint density at radius 1 is 1.19 bits per heavy atom. The Labute approximate surface area is 101 Å². The second-order valence-corrected chi connectivity index (χ2v) is 5.27. The minimum Gasteiger partial charge on any atom is -0.392 e. The first-order chi connectivity index (χ1) is 7.95. The van der Waals surface area contributed by atoms with Crippen LogP contribution < -0.4 is 0 Å². The monoisotopic (exact) mass is 241 g/mol. The van der Waals surface area contributed by atoms with Crippen LogP contribution >= 0.6 is 11.8 Å². The molecule has 90 valence electrons. The molecule has 4 heteroatoms. The van der Waals surface area contributed by atoms with Crippen molar-refractivity contribution in [2.75, 3.05) is 31.3 Å². The Kier molecular flexibility index (Phi) is 5.22. The number of hydrogen-bond acceptors (Lipinski definition) is 4. The van der Waals surface area contributed by atoms with Crippen LogP contribution in [0.4, 0.5) is 0 Å². The first kappa shape index (κ1) is 12.0. The maximum Gasteiger partial charge on any atom is 0.135 e. The molecule has 2 fully saturated rings. The SMILES string of the molecule is C(CON=C1CCSCC1)=C1CCOCC1. The zero-order chi connectivity index (χ0) is 11.1. The molecule has 0 amide bonds.